The van der Waals surface area contributed by atoms with Crippen LogP contribution < -0.4 is 15.4 Å². The number of ether oxygens (including phenoxy) is 1. The summed E-state index contributed by atoms with van der Waals surface area (Å²) >= 11 is 0. The first-order valence-electron chi connectivity index (χ1n) is 7.87. The van der Waals surface area contributed by atoms with E-state index in [4.69, 9.17) is 4.74 Å². The molecular weight excluding hydrogens is 325 g/mol. The number of aromatic nitrogens is 2. The molecule has 1 aliphatic carbocycles. The highest BCUT2D eigenvalue weighted by Gasteiger charge is 2.41. The summed E-state index contributed by atoms with van der Waals surface area (Å²) in [5.74, 6) is -0.766. The van der Waals surface area contributed by atoms with E-state index >= 15 is 0 Å². The number of anilines is 1. The molecule has 1 aromatic heterocycles. The maximum absolute atomic E-state index is 12.6. The molecule has 0 atom stereocenters. The Bertz CT molecular complexity index is 558. The number of rotatable bonds is 4. The number of carbonyl (C=O) groups is 1. The SMILES string of the molecule is CC(C)Oc1cncc(NC(=O)NC2CCC(C(F)(F)F)CC2)n1. The van der Waals surface area contributed by atoms with Crippen LogP contribution in [0.4, 0.5) is 23.8 Å². The first-order chi connectivity index (χ1) is 11.2. The predicted octanol–water partition coefficient (Wildman–Crippen LogP) is 3.51. The van der Waals surface area contributed by atoms with Crippen molar-refractivity contribution in [1.29, 1.82) is 0 Å². The summed E-state index contributed by atoms with van der Waals surface area (Å²) in [7, 11) is 0. The molecule has 1 heterocycles. The van der Waals surface area contributed by atoms with Gasteiger partial charge in [0.1, 0.15) is 0 Å². The molecule has 2 N–H and O–H groups in total. The van der Waals surface area contributed by atoms with Crippen LogP contribution in [0.2, 0.25) is 0 Å². The van der Waals surface area contributed by atoms with Gasteiger partial charge in [-0.25, -0.2) is 4.79 Å². The van der Waals surface area contributed by atoms with Crippen LogP contribution in [-0.2, 0) is 0 Å². The van der Waals surface area contributed by atoms with Gasteiger partial charge in [-0.15, -0.1) is 0 Å². The lowest BCUT2D eigenvalue weighted by atomic mass is 9.86. The molecule has 0 bridgehead atoms. The van der Waals surface area contributed by atoms with Crippen molar-refractivity contribution in [3.8, 4) is 5.88 Å². The number of hydrogen-bond donors (Lipinski definition) is 2. The molecule has 1 aromatic rings. The van der Waals surface area contributed by atoms with Crippen molar-refractivity contribution in [1.82, 2.24) is 15.3 Å². The molecule has 1 aliphatic rings. The number of amides is 2. The zero-order chi connectivity index (χ0) is 17.7. The van der Waals surface area contributed by atoms with E-state index in [1.165, 1.54) is 12.4 Å². The van der Waals surface area contributed by atoms with Crippen molar-refractivity contribution >= 4 is 11.8 Å². The molecule has 0 unspecified atom stereocenters. The van der Waals surface area contributed by atoms with Crippen molar-refractivity contribution in [3.63, 3.8) is 0 Å². The normalized spacial score (nSPS) is 21.4. The highest BCUT2D eigenvalue weighted by atomic mass is 19.4. The first-order valence-corrected chi connectivity index (χ1v) is 7.87. The van der Waals surface area contributed by atoms with Crippen LogP contribution in [0.3, 0.4) is 0 Å². The van der Waals surface area contributed by atoms with Gasteiger partial charge < -0.3 is 10.1 Å². The first kappa shape index (κ1) is 18.3. The van der Waals surface area contributed by atoms with Crippen LogP contribution in [0.25, 0.3) is 0 Å². The Morgan fingerprint density at radius 1 is 1.25 bits per heavy atom. The number of carbonyl (C=O) groups excluding carboxylic acids is 1. The van der Waals surface area contributed by atoms with Gasteiger partial charge in [0.25, 0.3) is 0 Å². The lowest BCUT2D eigenvalue weighted by molar-refractivity contribution is -0.182. The summed E-state index contributed by atoms with van der Waals surface area (Å²) in [6.07, 6.45) is -0.751. The molecule has 0 radical (unpaired) electrons. The van der Waals surface area contributed by atoms with Crippen molar-refractivity contribution in [2.24, 2.45) is 5.92 Å². The second-order valence-electron chi connectivity index (χ2n) is 6.10. The topological polar surface area (TPSA) is 76.1 Å². The monoisotopic (exact) mass is 346 g/mol. The quantitative estimate of drug-likeness (QED) is 0.875. The molecule has 0 aliphatic heterocycles. The van der Waals surface area contributed by atoms with Crippen LogP contribution in [0.15, 0.2) is 12.4 Å². The Morgan fingerprint density at radius 3 is 2.50 bits per heavy atom. The molecule has 1 saturated carbocycles. The van der Waals surface area contributed by atoms with Crippen LogP contribution in [0.1, 0.15) is 39.5 Å². The Morgan fingerprint density at radius 2 is 1.92 bits per heavy atom. The van der Waals surface area contributed by atoms with E-state index in [0.717, 1.165) is 0 Å². The standard InChI is InChI=1S/C15H21F3N4O2/c1-9(2)24-13-8-19-7-12(21-13)22-14(23)20-11-5-3-10(4-6-11)15(16,17)18/h7-11H,3-6H2,1-2H3,(H2,20,21,22,23). The average Bonchev–Trinajstić information content (AvgIpc) is 2.46. The van der Waals surface area contributed by atoms with E-state index in [9.17, 15) is 18.0 Å². The van der Waals surface area contributed by atoms with Gasteiger partial charge in [0.05, 0.1) is 24.4 Å². The highest BCUT2D eigenvalue weighted by molar-refractivity contribution is 5.88. The Hall–Kier alpha value is -2.06. The smallest absolute Gasteiger partial charge is 0.391 e. The van der Waals surface area contributed by atoms with Gasteiger partial charge in [0, 0.05) is 6.04 Å². The van der Waals surface area contributed by atoms with Crippen LogP contribution in [-0.4, -0.2) is 34.3 Å². The third kappa shape index (κ3) is 5.54. The zero-order valence-corrected chi connectivity index (χ0v) is 13.6. The summed E-state index contributed by atoms with van der Waals surface area (Å²) < 4.78 is 43.2. The molecule has 0 aromatic carbocycles. The second kappa shape index (κ2) is 7.67. The third-order valence-electron chi connectivity index (χ3n) is 3.74. The molecule has 2 rings (SSSR count). The van der Waals surface area contributed by atoms with Gasteiger partial charge in [-0.3, -0.25) is 10.3 Å². The van der Waals surface area contributed by atoms with Gasteiger partial charge >= 0.3 is 12.2 Å². The lowest BCUT2D eigenvalue weighted by Gasteiger charge is -2.30. The number of urea groups is 1. The number of hydrogen-bond acceptors (Lipinski definition) is 4. The summed E-state index contributed by atoms with van der Waals surface area (Å²) in [5, 5.41) is 5.19. The van der Waals surface area contributed by atoms with Crippen molar-refractivity contribution in [2.45, 2.75) is 57.9 Å². The minimum Gasteiger partial charge on any atom is -0.474 e. The van der Waals surface area contributed by atoms with E-state index in [0.29, 0.717) is 12.8 Å². The molecule has 9 heteroatoms. The molecule has 134 valence electrons. The van der Waals surface area contributed by atoms with Gasteiger partial charge in [0.2, 0.25) is 5.88 Å². The molecule has 6 nitrogen and oxygen atoms in total. The summed E-state index contributed by atoms with van der Waals surface area (Å²) in [4.78, 5) is 19.9. The van der Waals surface area contributed by atoms with Crippen molar-refractivity contribution in [2.75, 3.05) is 5.32 Å². The van der Waals surface area contributed by atoms with Gasteiger partial charge in [-0.05, 0) is 39.5 Å². The van der Waals surface area contributed by atoms with E-state index in [1.54, 1.807) is 0 Å². The molecule has 2 amide bonds. The van der Waals surface area contributed by atoms with Crippen LogP contribution in [0.5, 0.6) is 5.88 Å². The fraction of sp³-hybridized carbons (Fsp3) is 0.667. The van der Waals surface area contributed by atoms with E-state index < -0.39 is 18.1 Å². The number of alkyl halides is 3. The number of halogens is 3. The maximum atomic E-state index is 12.6. The maximum Gasteiger partial charge on any atom is 0.391 e. The minimum absolute atomic E-state index is 0.0337. The zero-order valence-electron chi connectivity index (χ0n) is 13.6. The molecule has 1 fully saturated rings. The molecule has 24 heavy (non-hydrogen) atoms. The highest BCUT2D eigenvalue weighted by Crippen LogP contribution is 2.37. The van der Waals surface area contributed by atoms with Crippen LogP contribution >= 0.6 is 0 Å². The van der Waals surface area contributed by atoms with Crippen molar-refractivity contribution < 1.29 is 22.7 Å². The minimum atomic E-state index is -4.15. The summed E-state index contributed by atoms with van der Waals surface area (Å²) in [6, 6.07) is -0.784. The third-order valence-corrected chi connectivity index (χ3v) is 3.74. The fourth-order valence-electron chi connectivity index (χ4n) is 2.61. The largest absolute Gasteiger partial charge is 0.474 e. The summed E-state index contributed by atoms with van der Waals surface area (Å²) in [6.45, 7) is 3.68. The fourth-order valence-corrected chi connectivity index (χ4v) is 2.61. The predicted molar refractivity (Wildman–Crippen MR) is 81.8 cm³/mol. The Balaban J connectivity index is 1.82. The number of nitrogens with zero attached hydrogens (tertiary/aromatic N) is 2. The molecular formula is C15H21F3N4O2. The average molecular weight is 346 g/mol. The Kier molecular flexibility index (Phi) is 5.84. The van der Waals surface area contributed by atoms with E-state index in [1.807, 2.05) is 13.8 Å². The summed E-state index contributed by atoms with van der Waals surface area (Å²) in [5.41, 5.74) is 0. The number of nitrogens with one attached hydrogen (secondary N) is 2. The van der Waals surface area contributed by atoms with Gasteiger partial charge in [-0.2, -0.15) is 18.2 Å². The van der Waals surface area contributed by atoms with Crippen molar-refractivity contribution in [3.05, 3.63) is 12.4 Å². The van der Waals surface area contributed by atoms with Gasteiger partial charge in [-0.1, -0.05) is 0 Å². The Labute approximate surface area is 138 Å². The molecule has 0 spiro atoms. The molecule has 0 saturated heterocycles. The van der Waals surface area contributed by atoms with E-state index in [2.05, 4.69) is 20.6 Å². The van der Waals surface area contributed by atoms with E-state index in [-0.39, 0.29) is 36.7 Å². The second-order valence-corrected chi connectivity index (χ2v) is 6.10. The van der Waals surface area contributed by atoms with Gasteiger partial charge in [0.15, 0.2) is 5.82 Å². The van der Waals surface area contributed by atoms with Crippen LogP contribution in [0, 0.1) is 5.92 Å². The lowest BCUT2D eigenvalue weighted by Crippen LogP contribution is -2.42.